The molecule has 0 saturated heterocycles. The van der Waals surface area contributed by atoms with Gasteiger partial charge in [0.05, 0.1) is 12.2 Å². The number of nitrogens with zero attached hydrogens (tertiary/aromatic N) is 3. The highest BCUT2D eigenvalue weighted by molar-refractivity contribution is 7.99. The first-order valence-corrected chi connectivity index (χ1v) is 12.6. The van der Waals surface area contributed by atoms with Crippen LogP contribution < -0.4 is 11.0 Å². The van der Waals surface area contributed by atoms with Crippen LogP contribution in [-0.4, -0.2) is 14.1 Å². The molecule has 2 aromatic carbocycles. The highest BCUT2D eigenvalue weighted by Gasteiger charge is 2.23. The molecule has 0 bridgehead atoms. The zero-order valence-electron chi connectivity index (χ0n) is 19.0. The maximum atomic E-state index is 13.6. The van der Waals surface area contributed by atoms with Gasteiger partial charge in [-0.05, 0) is 55.3 Å². The van der Waals surface area contributed by atoms with E-state index in [1.54, 1.807) is 18.5 Å². The van der Waals surface area contributed by atoms with Crippen molar-refractivity contribution in [3.8, 4) is 0 Å². The van der Waals surface area contributed by atoms with E-state index in [1.807, 2.05) is 77.6 Å². The third-order valence-corrected chi connectivity index (χ3v) is 6.88. The number of rotatable bonds is 9. The van der Waals surface area contributed by atoms with Gasteiger partial charge in [-0.2, -0.15) is 0 Å². The highest BCUT2D eigenvalue weighted by atomic mass is 35.5. The molecule has 176 valence electrons. The number of aromatic nitrogens is 3. The lowest BCUT2D eigenvalue weighted by atomic mass is 10.2. The second-order valence-electron chi connectivity index (χ2n) is 8.24. The van der Waals surface area contributed by atoms with Crippen molar-refractivity contribution in [3.63, 3.8) is 0 Å². The molecule has 2 heterocycles. The summed E-state index contributed by atoms with van der Waals surface area (Å²) in [6.45, 7) is 5.74. The zero-order chi connectivity index (χ0) is 24.1. The van der Waals surface area contributed by atoms with Crippen molar-refractivity contribution in [2.24, 2.45) is 0 Å². The van der Waals surface area contributed by atoms with Gasteiger partial charge in [0.25, 0.3) is 0 Å². The summed E-state index contributed by atoms with van der Waals surface area (Å²) < 4.78 is 3.72. The summed E-state index contributed by atoms with van der Waals surface area (Å²) in [5.74, 6) is 0. The van der Waals surface area contributed by atoms with Crippen molar-refractivity contribution in [1.29, 1.82) is 0 Å². The molecule has 34 heavy (non-hydrogen) atoms. The molecule has 0 radical (unpaired) electrons. The maximum absolute atomic E-state index is 13.6. The Hall–Kier alpha value is -2.51. The minimum absolute atomic E-state index is 0.0133. The SMILES string of the molecule is CC(C)n1c(Sc2cc(Cl)cc(Cl)c2)c(CNCc2ccncc2)n(Cc2ccccc2)c1=O. The van der Waals surface area contributed by atoms with Crippen LogP contribution in [-0.2, 0) is 19.6 Å². The van der Waals surface area contributed by atoms with Gasteiger partial charge in [-0.1, -0.05) is 65.3 Å². The summed E-state index contributed by atoms with van der Waals surface area (Å²) in [6.07, 6.45) is 3.56. The lowest BCUT2D eigenvalue weighted by Gasteiger charge is -2.14. The molecule has 0 spiro atoms. The van der Waals surface area contributed by atoms with Crippen LogP contribution in [0.1, 0.15) is 36.7 Å². The predicted octanol–water partition coefficient (Wildman–Crippen LogP) is 6.42. The molecule has 4 rings (SSSR count). The van der Waals surface area contributed by atoms with Gasteiger partial charge in [0.1, 0.15) is 5.03 Å². The van der Waals surface area contributed by atoms with Crippen LogP contribution in [0.5, 0.6) is 0 Å². The number of pyridine rings is 1. The molecule has 0 atom stereocenters. The third-order valence-electron chi connectivity index (χ3n) is 5.35. The minimum Gasteiger partial charge on any atom is -0.307 e. The first-order valence-electron chi connectivity index (χ1n) is 11.0. The van der Waals surface area contributed by atoms with Crippen molar-refractivity contribution in [2.45, 2.75) is 49.4 Å². The zero-order valence-corrected chi connectivity index (χ0v) is 21.4. The van der Waals surface area contributed by atoms with E-state index in [4.69, 9.17) is 23.2 Å². The van der Waals surface area contributed by atoms with E-state index in [-0.39, 0.29) is 11.7 Å². The predicted molar refractivity (Wildman–Crippen MR) is 140 cm³/mol. The summed E-state index contributed by atoms with van der Waals surface area (Å²) in [5.41, 5.74) is 3.10. The Balaban J connectivity index is 1.75. The van der Waals surface area contributed by atoms with Gasteiger partial charge in [-0.25, -0.2) is 4.79 Å². The first-order chi connectivity index (χ1) is 16.4. The van der Waals surface area contributed by atoms with Gasteiger partial charge < -0.3 is 5.32 Å². The van der Waals surface area contributed by atoms with E-state index in [0.29, 0.717) is 29.7 Å². The van der Waals surface area contributed by atoms with Crippen LogP contribution in [0.25, 0.3) is 0 Å². The molecule has 0 aliphatic rings. The van der Waals surface area contributed by atoms with Crippen LogP contribution in [0, 0.1) is 0 Å². The van der Waals surface area contributed by atoms with Gasteiger partial charge in [-0.3, -0.25) is 14.1 Å². The average Bonchev–Trinajstić information content (AvgIpc) is 3.05. The topological polar surface area (TPSA) is 51.9 Å². The number of hydrogen-bond donors (Lipinski definition) is 1. The Labute approximate surface area is 213 Å². The summed E-state index contributed by atoms with van der Waals surface area (Å²) in [7, 11) is 0. The molecule has 0 fully saturated rings. The molecule has 1 N–H and O–H groups in total. The Morgan fingerprint density at radius 2 is 1.62 bits per heavy atom. The van der Waals surface area contributed by atoms with Crippen LogP contribution in [0.2, 0.25) is 10.0 Å². The van der Waals surface area contributed by atoms with Gasteiger partial charge in [0, 0.05) is 46.5 Å². The standard InChI is InChI=1S/C26H26Cl2N4OS/c1-18(2)32-25(34-23-13-21(27)12-22(28)14-23)24(16-30-15-19-8-10-29-11-9-19)31(26(32)33)17-20-6-4-3-5-7-20/h3-14,18,30H,15-17H2,1-2H3. The van der Waals surface area contributed by atoms with Gasteiger partial charge in [-0.15, -0.1) is 0 Å². The third kappa shape index (κ3) is 5.94. The molecular formula is C26H26Cl2N4OS. The summed E-state index contributed by atoms with van der Waals surface area (Å²) in [4.78, 5) is 18.6. The van der Waals surface area contributed by atoms with E-state index in [9.17, 15) is 4.79 Å². The molecule has 0 aliphatic carbocycles. The summed E-state index contributed by atoms with van der Waals surface area (Å²) >= 11 is 14.0. The van der Waals surface area contributed by atoms with Crippen molar-refractivity contribution in [1.82, 2.24) is 19.4 Å². The summed E-state index contributed by atoms with van der Waals surface area (Å²) in [6, 6.07) is 19.4. The Morgan fingerprint density at radius 1 is 0.941 bits per heavy atom. The van der Waals surface area contributed by atoms with Crippen molar-refractivity contribution < 1.29 is 0 Å². The highest BCUT2D eigenvalue weighted by Crippen LogP contribution is 2.35. The largest absolute Gasteiger partial charge is 0.329 e. The Morgan fingerprint density at radius 3 is 2.26 bits per heavy atom. The lowest BCUT2D eigenvalue weighted by Crippen LogP contribution is -2.27. The molecular weight excluding hydrogens is 487 g/mol. The van der Waals surface area contributed by atoms with E-state index in [0.717, 1.165) is 26.7 Å². The Kier molecular flexibility index (Phi) is 8.16. The van der Waals surface area contributed by atoms with E-state index < -0.39 is 0 Å². The fourth-order valence-corrected chi connectivity index (χ4v) is 5.71. The quantitative estimate of drug-likeness (QED) is 0.281. The molecule has 2 aromatic heterocycles. The van der Waals surface area contributed by atoms with Gasteiger partial charge in [0.2, 0.25) is 0 Å². The number of benzene rings is 2. The molecule has 0 saturated carbocycles. The number of halogens is 2. The molecule has 0 unspecified atom stereocenters. The lowest BCUT2D eigenvalue weighted by molar-refractivity contribution is 0.529. The second kappa shape index (κ2) is 11.3. The monoisotopic (exact) mass is 512 g/mol. The molecule has 0 amide bonds. The molecule has 4 aromatic rings. The smallest absolute Gasteiger partial charge is 0.307 e. The summed E-state index contributed by atoms with van der Waals surface area (Å²) in [5, 5.41) is 5.52. The fraction of sp³-hybridized carbons (Fsp3) is 0.231. The number of imidazole rings is 1. The number of hydrogen-bond acceptors (Lipinski definition) is 4. The molecule has 0 aliphatic heterocycles. The van der Waals surface area contributed by atoms with E-state index in [1.165, 1.54) is 11.8 Å². The van der Waals surface area contributed by atoms with Crippen LogP contribution >= 0.6 is 35.0 Å². The van der Waals surface area contributed by atoms with Crippen LogP contribution in [0.15, 0.2) is 87.8 Å². The maximum Gasteiger partial charge on any atom is 0.329 e. The second-order valence-corrected chi connectivity index (χ2v) is 10.2. The van der Waals surface area contributed by atoms with Crippen LogP contribution in [0.4, 0.5) is 0 Å². The minimum atomic E-state index is -0.0322. The average molecular weight is 513 g/mol. The number of nitrogens with one attached hydrogen (secondary N) is 1. The van der Waals surface area contributed by atoms with Crippen LogP contribution in [0.3, 0.4) is 0 Å². The molecule has 8 heteroatoms. The van der Waals surface area contributed by atoms with Crippen molar-refractivity contribution in [3.05, 3.63) is 110 Å². The first kappa shape index (κ1) is 24.6. The van der Waals surface area contributed by atoms with Gasteiger partial charge in [0.15, 0.2) is 0 Å². The van der Waals surface area contributed by atoms with E-state index in [2.05, 4.69) is 10.3 Å². The van der Waals surface area contributed by atoms with Gasteiger partial charge >= 0.3 is 5.69 Å². The Bertz CT molecular complexity index is 1280. The normalized spacial score (nSPS) is 11.3. The van der Waals surface area contributed by atoms with E-state index >= 15 is 0 Å². The van der Waals surface area contributed by atoms with Crippen molar-refractivity contribution in [2.75, 3.05) is 0 Å². The molecule has 5 nitrogen and oxygen atoms in total. The fourth-order valence-electron chi connectivity index (χ4n) is 3.78. The van der Waals surface area contributed by atoms with Crippen molar-refractivity contribution >= 4 is 35.0 Å².